The van der Waals surface area contributed by atoms with E-state index in [0.29, 0.717) is 0 Å². The number of halogens is 1. The molecule has 0 amide bonds. The Hall–Kier alpha value is -0.710. The monoisotopic (exact) mass is 324 g/mol. The summed E-state index contributed by atoms with van der Waals surface area (Å²) in [6, 6.07) is 8.15. The van der Waals surface area contributed by atoms with Crippen molar-refractivity contribution >= 4 is 27.3 Å². The van der Waals surface area contributed by atoms with Crippen LogP contribution in [0.2, 0.25) is 0 Å². The first kappa shape index (κ1) is 13.7. The molecule has 2 rings (SSSR count). The Bertz CT molecular complexity index is 525. The third-order valence-corrected chi connectivity index (χ3v) is 4.32. The van der Waals surface area contributed by atoms with Gasteiger partial charge in [-0.25, -0.2) is 4.98 Å². The van der Waals surface area contributed by atoms with Crippen molar-refractivity contribution < 1.29 is 0 Å². The number of hydrogen-bond donors (Lipinski definition) is 1. The molecule has 0 aliphatic rings. The van der Waals surface area contributed by atoms with E-state index in [1.54, 1.807) is 11.3 Å². The Kier molecular flexibility index (Phi) is 3.90. The Morgan fingerprint density at radius 3 is 2.39 bits per heavy atom. The maximum absolute atomic E-state index is 6.23. The van der Waals surface area contributed by atoms with Gasteiger partial charge in [0.15, 0.2) is 0 Å². The molecule has 1 aromatic carbocycles. The SMILES string of the molecule is CC(C)(C)C(N)c1nc(-c2ccc(Br)cc2)cs1. The molecule has 18 heavy (non-hydrogen) atoms. The van der Waals surface area contributed by atoms with Crippen molar-refractivity contribution in [2.75, 3.05) is 0 Å². The van der Waals surface area contributed by atoms with Crippen molar-refractivity contribution in [3.63, 3.8) is 0 Å². The van der Waals surface area contributed by atoms with Crippen molar-refractivity contribution in [2.24, 2.45) is 11.1 Å². The molecule has 0 aliphatic carbocycles. The number of benzene rings is 1. The van der Waals surface area contributed by atoms with Gasteiger partial charge in [-0.15, -0.1) is 11.3 Å². The second-order valence-corrected chi connectivity index (χ2v) is 7.23. The fourth-order valence-corrected chi connectivity index (χ4v) is 2.89. The lowest BCUT2D eigenvalue weighted by Gasteiger charge is -2.24. The van der Waals surface area contributed by atoms with E-state index < -0.39 is 0 Å². The molecular weight excluding hydrogens is 308 g/mol. The molecule has 0 saturated carbocycles. The first-order valence-electron chi connectivity index (χ1n) is 5.85. The zero-order valence-electron chi connectivity index (χ0n) is 10.8. The lowest BCUT2D eigenvalue weighted by atomic mass is 9.88. The van der Waals surface area contributed by atoms with Crippen LogP contribution in [-0.4, -0.2) is 4.98 Å². The molecule has 0 aliphatic heterocycles. The number of nitrogens with zero attached hydrogens (tertiary/aromatic N) is 1. The van der Waals surface area contributed by atoms with Crippen LogP contribution in [0.3, 0.4) is 0 Å². The summed E-state index contributed by atoms with van der Waals surface area (Å²) in [6.07, 6.45) is 0. The van der Waals surface area contributed by atoms with Gasteiger partial charge in [0.1, 0.15) is 5.01 Å². The second-order valence-electron chi connectivity index (χ2n) is 5.42. The van der Waals surface area contributed by atoms with Gasteiger partial charge in [0, 0.05) is 15.4 Å². The summed E-state index contributed by atoms with van der Waals surface area (Å²) in [5, 5.41) is 3.07. The molecule has 96 valence electrons. The van der Waals surface area contributed by atoms with E-state index in [1.165, 1.54) is 0 Å². The largest absolute Gasteiger partial charge is 0.322 e. The van der Waals surface area contributed by atoms with Crippen LogP contribution in [0.25, 0.3) is 11.3 Å². The molecule has 0 spiro atoms. The molecule has 0 saturated heterocycles. The van der Waals surface area contributed by atoms with Crippen LogP contribution >= 0.6 is 27.3 Å². The van der Waals surface area contributed by atoms with E-state index in [1.807, 2.05) is 12.1 Å². The predicted molar refractivity (Wildman–Crippen MR) is 81.6 cm³/mol. The van der Waals surface area contributed by atoms with Crippen LogP contribution < -0.4 is 5.73 Å². The van der Waals surface area contributed by atoms with E-state index in [4.69, 9.17) is 5.73 Å². The second kappa shape index (κ2) is 5.11. The molecule has 4 heteroatoms. The Labute approximate surface area is 120 Å². The molecule has 0 radical (unpaired) electrons. The zero-order chi connectivity index (χ0) is 13.3. The number of hydrogen-bond acceptors (Lipinski definition) is 3. The fourth-order valence-electron chi connectivity index (χ4n) is 1.55. The van der Waals surface area contributed by atoms with E-state index in [-0.39, 0.29) is 11.5 Å². The van der Waals surface area contributed by atoms with Crippen LogP contribution in [0, 0.1) is 5.41 Å². The molecule has 2 nitrogen and oxygen atoms in total. The fraction of sp³-hybridized carbons (Fsp3) is 0.357. The Morgan fingerprint density at radius 2 is 1.83 bits per heavy atom. The van der Waals surface area contributed by atoms with Crippen molar-refractivity contribution in [2.45, 2.75) is 26.8 Å². The third kappa shape index (κ3) is 2.99. The summed E-state index contributed by atoms with van der Waals surface area (Å²) in [6.45, 7) is 6.41. The number of rotatable bonds is 2. The van der Waals surface area contributed by atoms with Gasteiger partial charge in [-0.05, 0) is 17.5 Å². The normalized spacial score (nSPS) is 13.6. The van der Waals surface area contributed by atoms with Crippen LogP contribution in [0.1, 0.15) is 31.8 Å². The summed E-state index contributed by atoms with van der Waals surface area (Å²) in [7, 11) is 0. The topological polar surface area (TPSA) is 38.9 Å². The first-order chi connectivity index (χ1) is 8.38. The average Bonchev–Trinajstić information content (AvgIpc) is 2.77. The van der Waals surface area contributed by atoms with Crippen molar-refractivity contribution in [1.29, 1.82) is 0 Å². The highest BCUT2D eigenvalue weighted by molar-refractivity contribution is 9.10. The lowest BCUT2D eigenvalue weighted by Crippen LogP contribution is -2.26. The zero-order valence-corrected chi connectivity index (χ0v) is 13.2. The van der Waals surface area contributed by atoms with Gasteiger partial charge >= 0.3 is 0 Å². The van der Waals surface area contributed by atoms with Crippen molar-refractivity contribution in [3.05, 3.63) is 39.1 Å². The van der Waals surface area contributed by atoms with Gasteiger partial charge in [-0.3, -0.25) is 0 Å². The van der Waals surface area contributed by atoms with Gasteiger partial charge in [-0.2, -0.15) is 0 Å². The standard InChI is InChI=1S/C14H17BrN2S/c1-14(2,3)12(16)13-17-11(8-18-13)9-4-6-10(15)7-5-9/h4-8,12H,16H2,1-3H3. The van der Waals surface area contributed by atoms with E-state index in [9.17, 15) is 0 Å². The molecule has 1 atom stereocenters. The van der Waals surface area contributed by atoms with Crippen LogP contribution in [0.4, 0.5) is 0 Å². The summed E-state index contributed by atoms with van der Waals surface area (Å²) in [4.78, 5) is 4.65. The quantitative estimate of drug-likeness (QED) is 0.875. The van der Waals surface area contributed by atoms with Gasteiger partial charge in [0.25, 0.3) is 0 Å². The maximum Gasteiger partial charge on any atom is 0.111 e. The maximum atomic E-state index is 6.23. The Balaban J connectivity index is 2.28. The number of aromatic nitrogens is 1. The minimum Gasteiger partial charge on any atom is -0.322 e. The van der Waals surface area contributed by atoms with E-state index >= 15 is 0 Å². The van der Waals surface area contributed by atoms with Gasteiger partial charge in [0.05, 0.1) is 11.7 Å². The van der Waals surface area contributed by atoms with E-state index in [2.05, 4.69) is 59.2 Å². The first-order valence-corrected chi connectivity index (χ1v) is 7.52. The van der Waals surface area contributed by atoms with Crippen molar-refractivity contribution in [3.8, 4) is 11.3 Å². The van der Waals surface area contributed by atoms with Crippen LogP contribution in [0.5, 0.6) is 0 Å². The molecule has 2 N–H and O–H groups in total. The average molecular weight is 325 g/mol. The van der Waals surface area contributed by atoms with Gasteiger partial charge < -0.3 is 5.73 Å². The predicted octanol–water partition coefficient (Wildman–Crippen LogP) is 4.62. The summed E-state index contributed by atoms with van der Waals surface area (Å²) in [5.41, 5.74) is 8.39. The molecular formula is C14H17BrN2S. The number of nitrogens with two attached hydrogens (primary N) is 1. The van der Waals surface area contributed by atoms with Crippen LogP contribution in [-0.2, 0) is 0 Å². The number of thiazole rings is 1. The highest BCUT2D eigenvalue weighted by atomic mass is 79.9. The summed E-state index contributed by atoms with van der Waals surface area (Å²) >= 11 is 5.07. The Morgan fingerprint density at radius 1 is 1.22 bits per heavy atom. The minimum absolute atomic E-state index is 0.0216. The van der Waals surface area contributed by atoms with Crippen LogP contribution in [0.15, 0.2) is 34.1 Å². The highest BCUT2D eigenvalue weighted by Gasteiger charge is 2.25. The molecule has 1 aromatic heterocycles. The highest BCUT2D eigenvalue weighted by Crippen LogP contribution is 2.34. The molecule has 0 bridgehead atoms. The van der Waals surface area contributed by atoms with Crippen molar-refractivity contribution in [1.82, 2.24) is 4.98 Å². The molecule has 0 fully saturated rings. The summed E-state index contributed by atoms with van der Waals surface area (Å²) in [5.74, 6) is 0. The third-order valence-electron chi connectivity index (χ3n) is 2.86. The molecule has 1 heterocycles. The lowest BCUT2D eigenvalue weighted by molar-refractivity contribution is 0.326. The van der Waals surface area contributed by atoms with E-state index in [0.717, 1.165) is 20.7 Å². The minimum atomic E-state index is -0.0216. The smallest absolute Gasteiger partial charge is 0.111 e. The molecule has 2 aromatic rings. The van der Waals surface area contributed by atoms with Gasteiger partial charge in [-0.1, -0.05) is 48.8 Å². The van der Waals surface area contributed by atoms with Gasteiger partial charge in [0.2, 0.25) is 0 Å². The summed E-state index contributed by atoms with van der Waals surface area (Å²) < 4.78 is 1.08. The molecule has 1 unspecified atom stereocenters.